The summed E-state index contributed by atoms with van der Waals surface area (Å²) in [6.45, 7) is 1.99. The highest BCUT2D eigenvalue weighted by molar-refractivity contribution is 7.98. The number of imidazole rings is 1. The largest absolute Gasteiger partial charge is 0.484 e. The van der Waals surface area contributed by atoms with Crippen molar-refractivity contribution in [3.63, 3.8) is 0 Å². The Morgan fingerprint density at radius 3 is 2.68 bits per heavy atom. The molecule has 0 saturated carbocycles. The third kappa shape index (κ3) is 6.86. The standard InChI is InChI=1S/C32H31N3O5S/c1-21(32(38)39)34-31(37)23-9-5-10-24(17-23)41-19-27-25-11-6-12-28(36)26(25)13-14-29(27)40-30(18-35-16-15-33-20-35)22-7-3-2-4-8-22/h2-5,7-10,13-17,20-21,30H,6,11-12,18-19H2,1H3,(H,34,37)(H,38,39)/t21-,30+/m0/s1. The zero-order chi connectivity index (χ0) is 28.8. The minimum absolute atomic E-state index is 0.147. The van der Waals surface area contributed by atoms with Gasteiger partial charge in [0.2, 0.25) is 0 Å². The van der Waals surface area contributed by atoms with Crippen molar-refractivity contribution in [3.05, 3.63) is 113 Å². The van der Waals surface area contributed by atoms with Crippen molar-refractivity contribution >= 4 is 29.4 Å². The van der Waals surface area contributed by atoms with E-state index >= 15 is 0 Å². The highest BCUT2D eigenvalue weighted by Gasteiger charge is 2.25. The van der Waals surface area contributed by atoms with Crippen LogP contribution in [-0.4, -0.2) is 38.4 Å². The number of nitrogens with one attached hydrogen (secondary N) is 1. The third-order valence-corrected chi connectivity index (χ3v) is 8.11. The number of rotatable bonds is 11. The topological polar surface area (TPSA) is 111 Å². The quantitative estimate of drug-likeness (QED) is 0.222. The number of nitrogens with zero attached hydrogens (tertiary/aromatic N) is 2. The molecule has 1 amide bonds. The number of fused-ring (bicyclic) bond motifs is 1. The first-order valence-corrected chi connectivity index (χ1v) is 14.5. The monoisotopic (exact) mass is 569 g/mol. The number of aliphatic carboxylic acids is 1. The Balaban J connectivity index is 1.43. The van der Waals surface area contributed by atoms with Gasteiger partial charge in [0.1, 0.15) is 17.9 Å². The summed E-state index contributed by atoms with van der Waals surface area (Å²) in [5.74, 6) is -0.132. The molecule has 0 saturated heterocycles. The van der Waals surface area contributed by atoms with Crippen molar-refractivity contribution in [2.75, 3.05) is 0 Å². The average molecular weight is 570 g/mol. The SMILES string of the molecule is C[C@H](NC(=O)c1cccc(SCc2c(O[C@H](Cn3ccnc3)c3ccccc3)ccc3c2CCCC3=O)c1)C(=O)O. The number of benzene rings is 3. The van der Waals surface area contributed by atoms with Gasteiger partial charge in [0.15, 0.2) is 5.78 Å². The van der Waals surface area contributed by atoms with Crippen LogP contribution in [0.4, 0.5) is 0 Å². The summed E-state index contributed by atoms with van der Waals surface area (Å²) in [5, 5.41) is 11.6. The highest BCUT2D eigenvalue weighted by atomic mass is 32.2. The lowest BCUT2D eigenvalue weighted by Crippen LogP contribution is -2.38. The number of carboxylic acids is 1. The Hall–Kier alpha value is -4.37. The van der Waals surface area contributed by atoms with Crippen LogP contribution in [0, 0.1) is 0 Å². The van der Waals surface area contributed by atoms with E-state index in [2.05, 4.69) is 10.3 Å². The normalized spacial score (nSPS) is 14.1. The van der Waals surface area contributed by atoms with Crippen molar-refractivity contribution < 1.29 is 24.2 Å². The van der Waals surface area contributed by atoms with E-state index in [9.17, 15) is 14.4 Å². The van der Waals surface area contributed by atoms with Gasteiger partial charge in [0.25, 0.3) is 5.91 Å². The fourth-order valence-electron chi connectivity index (χ4n) is 4.89. The van der Waals surface area contributed by atoms with Crippen LogP contribution in [0.25, 0.3) is 0 Å². The number of ether oxygens (including phenoxy) is 1. The number of carbonyl (C=O) groups is 3. The smallest absolute Gasteiger partial charge is 0.325 e. The molecule has 8 nitrogen and oxygen atoms in total. The summed E-state index contributed by atoms with van der Waals surface area (Å²) in [6.07, 6.45) is 7.26. The number of amides is 1. The molecule has 5 rings (SSSR count). The maximum absolute atomic E-state index is 12.8. The molecular weight excluding hydrogens is 538 g/mol. The van der Waals surface area contributed by atoms with Gasteiger partial charge >= 0.3 is 5.97 Å². The number of aromatic nitrogens is 2. The fourth-order valence-corrected chi connectivity index (χ4v) is 5.90. The van der Waals surface area contributed by atoms with E-state index in [0.717, 1.165) is 45.7 Å². The fraction of sp³-hybridized carbons (Fsp3) is 0.250. The average Bonchev–Trinajstić information content (AvgIpc) is 3.50. The Bertz CT molecular complexity index is 1540. The van der Waals surface area contributed by atoms with Gasteiger partial charge in [0, 0.05) is 46.2 Å². The van der Waals surface area contributed by atoms with Crippen LogP contribution in [-0.2, 0) is 23.5 Å². The highest BCUT2D eigenvalue weighted by Crippen LogP contribution is 2.38. The first-order chi connectivity index (χ1) is 19.9. The van der Waals surface area contributed by atoms with Crippen molar-refractivity contribution in [2.24, 2.45) is 0 Å². The molecular formula is C32H31N3O5S. The zero-order valence-corrected chi connectivity index (χ0v) is 23.5. The number of carboxylic acid groups (broad SMARTS) is 1. The second kappa shape index (κ2) is 12.9. The van der Waals surface area contributed by atoms with Gasteiger partial charge in [-0.05, 0) is 61.2 Å². The molecule has 4 aromatic rings. The molecule has 2 N–H and O–H groups in total. The minimum Gasteiger partial charge on any atom is -0.484 e. The van der Waals surface area contributed by atoms with Crippen molar-refractivity contribution in [2.45, 2.75) is 55.5 Å². The van der Waals surface area contributed by atoms with E-state index in [1.165, 1.54) is 6.92 Å². The number of carbonyl (C=O) groups excluding carboxylic acids is 2. The van der Waals surface area contributed by atoms with Crippen LogP contribution in [0.2, 0.25) is 0 Å². The van der Waals surface area contributed by atoms with Gasteiger partial charge in [-0.3, -0.25) is 14.4 Å². The first-order valence-electron chi connectivity index (χ1n) is 13.5. The molecule has 1 aliphatic rings. The van der Waals surface area contributed by atoms with E-state index in [-0.39, 0.29) is 11.9 Å². The van der Waals surface area contributed by atoms with Crippen molar-refractivity contribution in [1.29, 1.82) is 0 Å². The van der Waals surface area contributed by atoms with E-state index in [4.69, 9.17) is 9.84 Å². The van der Waals surface area contributed by atoms with E-state index in [1.54, 1.807) is 42.5 Å². The van der Waals surface area contributed by atoms with Crippen molar-refractivity contribution in [1.82, 2.24) is 14.9 Å². The predicted octanol–water partition coefficient (Wildman–Crippen LogP) is 5.72. The number of hydrogen-bond acceptors (Lipinski definition) is 6. The molecule has 1 heterocycles. The minimum atomic E-state index is -1.10. The number of Topliss-reactive ketones (excluding diaryl/α,β-unsaturated/α-hetero) is 1. The molecule has 0 unspecified atom stereocenters. The van der Waals surface area contributed by atoms with Gasteiger partial charge in [-0.25, -0.2) is 4.98 Å². The third-order valence-electron chi connectivity index (χ3n) is 7.09. The lowest BCUT2D eigenvalue weighted by atomic mass is 9.87. The van der Waals surface area contributed by atoms with Crippen LogP contribution >= 0.6 is 11.8 Å². The molecule has 41 heavy (non-hydrogen) atoms. The second-order valence-electron chi connectivity index (χ2n) is 9.97. The summed E-state index contributed by atoms with van der Waals surface area (Å²) < 4.78 is 8.71. The maximum Gasteiger partial charge on any atom is 0.325 e. The molecule has 3 aromatic carbocycles. The lowest BCUT2D eigenvalue weighted by Gasteiger charge is -2.25. The Morgan fingerprint density at radius 2 is 1.93 bits per heavy atom. The molecule has 1 aromatic heterocycles. The molecule has 1 aliphatic carbocycles. The molecule has 0 aliphatic heterocycles. The van der Waals surface area contributed by atoms with Crippen molar-refractivity contribution in [3.8, 4) is 5.75 Å². The van der Waals surface area contributed by atoms with Crippen LogP contribution in [0.5, 0.6) is 5.75 Å². The van der Waals surface area contributed by atoms with Crippen LogP contribution in [0.3, 0.4) is 0 Å². The predicted molar refractivity (Wildman–Crippen MR) is 156 cm³/mol. The molecule has 210 valence electrons. The van der Waals surface area contributed by atoms with Crippen LogP contribution < -0.4 is 10.1 Å². The Kier molecular flexibility index (Phi) is 8.84. The maximum atomic E-state index is 12.8. The first kappa shape index (κ1) is 28.2. The second-order valence-corrected chi connectivity index (χ2v) is 11.0. The zero-order valence-electron chi connectivity index (χ0n) is 22.7. The van der Waals surface area contributed by atoms with E-state index < -0.39 is 17.9 Å². The molecule has 0 spiro atoms. The van der Waals surface area contributed by atoms with Gasteiger partial charge < -0.3 is 19.7 Å². The van der Waals surface area contributed by atoms with E-state index in [1.807, 2.05) is 59.3 Å². The van der Waals surface area contributed by atoms with Gasteiger partial charge in [-0.1, -0.05) is 36.4 Å². The summed E-state index contributed by atoms with van der Waals surface area (Å²) in [7, 11) is 0. The van der Waals surface area contributed by atoms with Gasteiger partial charge in [-0.15, -0.1) is 11.8 Å². The summed E-state index contributed by atoms with van der Waals surface area (Å²) in [4.78, 5) is 41.6. The molecule has 0 bridgehead atoms. The van der Waals surface area contributed by atoms with E-state index in [0.29, 0.717) is 24.3 Å². The van der Waals surface area contributed by atoms with Gasteiger partial charge in [0.05, 0.1) is 12.9 Å². The summed E-state index contributed by atoms with van der Waals surface area (Å²) >= 11 is 1.54. The van der Waals surface area contributed by atoms with Crippen LogP contribution in [0.1, 0.15) is 63.3 Å². The summed E-state index contributed by atoms with van der Waals surface area (Å²) in [5.41, 5.74) is 4.16. The molecule has 0 fully saturated rings. The Labute approximate surface area is 242 Å². The summed E-state index contributed by atoms with van der Waals surface area (Å²) in [6, 6.07) is 19.9. The number of ketones is 1. The molecule has 2 atom stereocenters. The molecule has 0 radical (unpaired) electrons. The molecule has 9 heteroatoms. The number of thioether (sulfide) groups is 1. The number of hydrogen-bond donors (Lipinski definition) is 2. The Morgan fingerprint density at radius 1 is 1.10 bits per heavy atom. The lowest BCUT2D eigenvalue weighted by molar-refractivity contribution is -0.138. The van der Waals surface area contributed by atoms with Gasteiger partial charge in [-0.2, -0.15) is 0 Å². The van der Waals surface area contributed by atoms with Crippen LogP contribution in [0.15, 0.2) is 90.3 Å².